The molecule has 0 aliphatic carbocycles. The van der Waals surface area contributed by atoms with Gasteiger partial charge in [0.2, 0.25) is 0 Å². The normalized spacial score (nSPS) is 15.0. The van der Waals surface area contributed by atoms with Crippen LogP contribution in [-0.2, 0) is 19.5 Å². The number of carbonyl (C=O) groups excluding carboxylic acids is 1. The molecule has 0 saturated heterocycles. The number of methoxy groups -OCH3 is 1. The van der Waals surface area contributed by atoms with Gasteiger partial charge in [-0.3, -0.25) is 4.79 Å². The third-order valence-corrected chi connectivity index (χ3v) is 5.09. The number of rotatable bonds is 6. The highest BCUT2D eigenvalue weighted by Gasteiger charge is 2.31. The maximum absolute atomic E-state index is 13.0. The Morgan fingerprint density at radius 2 is 1.96 bits per heavy atom. The fourth-order valence-electron chi connectivity index (χ4n) is 3.65. The Labute approximate surface area is 164 Å². The second kappa shape index (κ2) is 7.76. The predicted molar refractivity (Wildman–Crippen MR) is 109 cm³/mol. The van der Waals surface area contributed by atoms with Gasteiger partial charge in [-0.05, 0) is 18.1 Å². The van der Waals surface area contributed by atoms with Crippen LogP contribution in [0.4, 0.5) is 5.82 Å². The van der Waals surface area contributed by atoms with Gasteiger partial charge in [-0.15, -0.1) is 0 Å². The van der Waals surface area contributed by atoms with Gasteiger partial charge in [0, 0.05) is 12.1 Å². The molecule has 6 heteroatoms. The molecule has 1 aromatic heterocycles. The summed E-state index contributed by atoms with van der Waals surface area (Å²) >= 11 is 0. The molecule has 0 saturated carbocycles. The Kier molecular flexibility index (Phi) is 5.02. The van der Waals surface area contributed by atoms with Crippen LogP contribution in [-0.4, -0.2) is 22.8 Å². The fourth-order valence-corrected chi connectivity index (χ4v) is 3.65. The van der Waals surface area contributed by atoms with E-state index in [0.717, 1.165) is 22.8 Å². The largest absolute Gasteiger partial charge is 0.496 e. The zero-order chi connectivity index (χ0) is 19.5. The van der Waals surface area contributed by atoms with Crippen LogP contribution in [0.15, 0.2) is 54.6 Å². The first-order chi connectivity index (χ1) is 13.7. The number of aromatic nitrogens is 2. The summed E-state index contributed by atoms with van der Waals surface area (Å²) in [5, 5.41) is 11.2. The van der Waals surface area contributed by atoms with Gasteiger partial charge in [0.25, 0.3) is 5.91 Å². The highest BCUT2D eigenvalue weighted by atomic mass is 16.5. The summed E-state index contributed by atoms with van der Waals surface area (Å²) in [5.74, 6) is 1.44. The number of carbonyl (C=O) groups is 1. The summed E-state index contributed by atoms with van der Waals surface area (Å²) in [6.45, 7) is 3.13. The summed E-state index contributed by atoms with van der Waals surface area (Å²) in [6, 6.07) is 18.0. The Balaban J connectivity index is 1.54. The SMILES string of the molecule is CCc1nn2c(c1C(=O)NCc1ccccc1OC)N[C@@H](c1ccccc1)C2. The molecule has 0 spiro atoms. The van der Waals surface area contributed by atoms with E-state index in [-0.39, 0.29) is 11.9 Å². The molecule has 0 unspecified atom stereocenters. The van der Waals surface area contributed by atoms with Crippen molar-refractivity contribution < 1.29 is 9.53 Å². The van der Waals surface area contributed by atoms with E-state index in [1.165, 1.54) is 5.56 Å². The van der Waals surface area contributed by atoms with Crippen LogP contribution in [0.2, 0.25) is 0 Å². The standard InChI is InChI=1S/C22H24N4O2/c1-3-17-20(22(27)23-13-16-11-7-8-12-19(16)28-2)21-24-18(14-26(21)25-17)15-9-5-4-6-10-15/h4-12,18,24H,3,13-14H2,1-2H3,(H,23,27)/t18-/m1/s1. The van der Waals surface area contributed by atoms with E-state index < -0.39 is 0 Å². The average Bonchev–Trinajstić information content (AvgIpc) is 3.30. The minimum atomic E-state index is -0.120. The van der Waals surface area contributed by atoms with Crippen molar-refractivity contribution >= 4 is 11.7 Å². The summed E-state index contributed by atoms with van der Waals surface area (Å²) in [6.07, 6.45) is 0.703. The lowest BCUT2D eigenvalue weighted by Gasteiger charge is -2.13. The molecule has 28 heavy (non-hydrogen) atoms. The second-order valence-corrected chi connectivity index (χ2v) is 6.81. The molecule has 2 heterocycles. The summed E-state index contributed by atoms with van der Waals surface area (Å²) in [7, 11) is 1.63. The number of benzene rings is 2. The van der Waals surface area contributed by atoms with Gasteiger partial charge in [0.15, 0.2) is 0 Å². The number of aryl methyl sites for hydroxylation is 1. The van der Waals surface area contributed by atoms with E-state index in [1.54, 1.807) is 7.11 Å². The van der Waals surface area contributed by atoms with Crippen LogP contribution in [0.1, 0.15) is 40.1 Å². The number of nitrogens with one attached hydrogen (secondary N) is 2. The van der Waals surface area contributed by atoms with Crippen LogP contribution in [0.25, 0.3) is 0 Å². The van der Waals surface area contributed by atoms with Crippen LogP contribution in [0.3, 0.4) is 0 Å². The molecule has 144 valence electrons. The van der Waals surface area contributed by atoms with Gasteiger partial charge in [-0.2, -0.15) is 5.10 Å². The van der Waals surface area contributed by atoms with Crippen LogP contribution >= 0.6 is 0 Å². The van der Waals surface area contributed by atoms with Crippen molar-refractivity contribution in [3.05, 3.63) is 77.0 Å². The minimum Gasteiger partial charge on any atom is -0.496 e. The summed E-state index contributed by atoms with van der Waals surface area (Å²) in [5.41, 5.74) is 3.57. The smallest absolute Gasteiger partial charge is 0.257 e. The summed E-state index contributed by atoms with van der Waals surface area (Å²) < 4.78 is 7.28. The minimum absolute atomic E-state index is 0.120. The first kappa shape index (κ1) is 18.1. The number of ether oxygens (including phenoxy) is 1. The van der Waals surface area contributed by atoms with E-state index in [1.807, 2.05) is 54.1 Å². The van der Waals surface area contributed by atoms with E-state index in [9.17, 15) is 4.79 Å². The van der Waals surface area contributed by atoms with Crippen molar-refractivity contribution in [3.63, 3.8) is 0 Å². The van der Waals surface area contributed by atoms with E-state index in [0.29, 0.717) is 25.1 Å². The highest BCUT2D eigenvalue weighted by molar-refractivity contribution is 6.00. The molecular formula is C22H24N4O2. The lowest BCUT2D eigenvalue weighted by Crippen LogP contribution is -2.24. The third-order valence-electron chi connectivity index (χ3n) is 5.09. The van der Waals surface area contributed by atoms with E-state index in [4.69, 9.17) is 4.74 Å². The molecule has 1 aliphatic rings. The van der Waals surface area contributed by atoms with Crippen molar-refractivity contribution in [1.29, 1.82) is 0 Å². The van der Waals surface area contributed by atoms with Crippen LogP contribution in [0, 0.1) is 0 Å². The van der Waals surface area contributed by atoms with Gasteiger partial charge in [-0.25, -0.2) is 4.68 Å². The molecule has 1 aliphatic heterocycles. The molecule has 1 atom stereocenters. The number of para-hydroxylation sites is 1. The number of hydrogen-bond donors (Lipinski definition) is 2. The molecule has 2 aromatic carbocycles. The fraction of sp³-hybridized carbons (Fsp3) is 0.273. The second-order valence-electron chi connectivity index (χ2n) is 6.81. The first-order valence-electron chi connectivity index (χ1n) is 9.52. The Hall–Kier alpha value is -3.28. The monoisotopic (exact) mass is 376 g/mol. The average molecular weight is 376 g/mol. The predicted octanol–water partition coefficient (Wildman–Crippen LogP) is 3.55. The molecule has 0 radical (unpaired) electrons. The Morgan fingerprint density at radius 3 is 2.71 bits per heavy atom. The maximum Gasteiger partial charge on any atom is 0.257 e. The zero-order valence-corrected chi connectivity index (χ0v) is 16.1. The quantitative estimate of drug-likeness (QED) is 0.690. The van der Waals surface area contributed by atoms with Crippen LogP contribution in [0.5, 0.6) is 5.75 Å². The van der Waals surface area contributed by atoms with Gasteiger partial charge in [0.1, 0.15) is 17.1 Å². The number of nitrogens with zero attached hydrogens (tertiary/aromatic N) is 2. The number of anilines is 1. The third kappa shape index (κ3) is 3.33. The van der Waals surface area contributed by atoms with Crippen molar-refractivity contribution in [2.75, 3.05) is 12.4 Å². The van der Waals surface area contributed by atoms with Crippen molar-refractivity contribution in [1.82, 2.24) is 15.1 Å². The first-order valence-corrected chi connectivity index (χ1v) is 9.52. The lowest BCUT2D eigenvalue weighted by atomic mass is 10.1. The molecule has 0 fully saturated rings. The molecule has 2 N–H and O–H groups in total. The molecule has 1 amide bonds. The number of fused-ring (bicyclic) bond motifs is 1. The Bertz CT molecular complexity index is 981. The topological polar surface area (TPSA) is 68.2 Å². The Morgan fingerprint density at radius 1 is 1.21 bits per heavy atom. The molecule has 0 bridgehead atoms. The van der Waals surface area contributed by atoms with E-state index in [2.05, 4.69) is 27.9 Å². The van der Waals surface area contributed by atoms with Crippen molar-refractivity contribution in [2.45, 2.75) is 32.5 Å². The number of amides is 1. The van der Waals surface area contributed by atoms with Crippen LogP contribution < -0.4 is 15.4 Å². The van der Waals surface area contributed by atoms with E-state index >= 15 is 0 Å². The molecular weight excluding hydrogens is 352 g/mol. The zero-order valence-electron chi connectivity index (χ0n) is 16.1. The summed E-state index contributed by atoms with van der Waals surface area (Å²) in [4.78, 5) is 13.0. The van der Waals surface area contributed by atoms with Gasteiger partial charge >= 0.3 is 0 Å². The lowest BCUT2D eigenvalue weighted by molar-refractivity contribution is 0.0950. The van der Waals surface area contributed by atoms with Gasteiger partial charge in [-0.1, -0.05) is 55.5 Å². The maximum atomic E-state index is 13.0. The number of hydrogen-bond acceptors (Lipinski definition) is 4. The van der Waals surface area contributed by atoms with Gasteiger partial charge < -0.3 is 15.4 Å². The highest BCUT2D eigenvalue weighted by Crippen LogP contribution is 2.33. The molecule has 3 aromatic rings. The van der Waals surface area contributed by atoms with Crippen molar-refractivity contribution in [3.8, 4) is 5.75 Å². The molecule has 4 rings (SSSR count). The molecule has 6 nitrogen and oxygen atoms in total. The van der Waals surface area contributed by atoms with Gasteiger partial charge in [0.05, 0.1) is 25.4 Å². The van der Waals surface area contributed by atoms with Crippen molar-refractivity contribution in [2.24, 2.45) is 0 Å².